The summed E-state index contributed by atoms with van der Waals surface area (Å²) < 4.78 is 39.5. The summed E-state index contributed by atoms with van der Waals surface area (Å²) in [7, 11) is 1.66. The van der Waals surface area contributed by atoms with Crippen LogP contribution in [0.15, 0.2) is 54.6 Å². The molecule has 0 unspecified atom stereocenters. The van der Waals surface area contributed by atoms with Crippen molar-refractivity contribution in [2.75, 3.05) is 26.7 Å². The molecule has 1 heterocycles. The molecule has 7 heteroatoms. The Labute approximate surface area is 167 Å². The summed E-state index contributed by atoms with van der Waals surface area (Å²) in [5.41, 5.74) is 0.163. The molecule has 0 radical (unpaired) electrons. The number of halogens is 3. The van der Waals surface area contributed by atoms with E-state index in [2.05, 4.69) is 0 Å². The van der Waals surface area contributed by atoms with Crippen molar-refractivity contribution in [2.45, 2.75) is 19.0 Å². The Morgan fingerprint density at radius 3 is 2.38 bits per heavy atom. The Kier molecular flexibility index (Phi) is 5.96. The van der Waals surface area contributed by atoms with Gasteiger partial charge in [0, 0.05) is 38.2 Å². The third kappa shape index (κ3) is 4.44. The zero-order chi connectivity index (χ0) is 21.2. The van der Waals surface area contributed by atoms with Gasteiger partial charge in [-0.05, 0) is 30.7 Å². The van der Waals surface area contributed by atoms with E-state index in [0.717, 1.165) is 12.1 Å². The third-order valence-corrected chi connectivity index (χ3v) is 5.44. The fourth-order valence-electron chi connectivity index (χ4n) is 3.71. The smallest absolute Gasteiger partial charge is 0.346 e. The number of amides is 2. The number of benzene rings is 2. The van der Waals surface area contributed by atoms with E-state index in [4.69, 9.17) is 0 Å². The van der Waals surface area contributed by atoms with Crippen molar-refractivity contribution in [1.29, 1.82) is 0 Å². The van der Waals surface area contributed by atoms with Crippen molar-refractivity contribution in [2.24, 2.45) is 5.92 Å². The van der Waals surface area contributed by atoms with Crippen molar-refractivity contribution in [3.8, 4) is 0 Å². The second-order valence-electron chi connectivity index (χ2n) is 7.26. The zero-order valence-electron chi connectivity index (χ0n) is 16.3. The summed E-state index contributed by atoms with van der Waals surface area (Å²) >= 11 is 0. The summed E-state index contributed by atoms with van der Waals surface area (Å²) in [6.07, 6.45) is -4.46. The molecular formula is C22H23F3N2O2. The summed E-state index contributed by atoms with van der Waals surface area (Å²) in [6, 6.07) is 13.7. The summed E-state index contributed by atoms with van der Waals surface area (Å²) in [5.74, 6) is -1.47. The van der Waals surface area contributed by atoms with Crippen LogP contribution < -0.4 is 0 Å². The van der Waals surface area contributed by atoms with Crippen LogP contribution in [-0.4, -0.2) is 48.3 Å². The van der Waals surface area contributed by atoms with Crippen LogP contribution in [0.25, 0.3) is 0 Å². The first kappa shape index (κ1) is 20.9. The minimum absolute atomic E-state index is 0.168. The minimum atomic E-state index is -4.46. The highest BCUT2D eigenvalue weighted by Crippen LogP contribution is 2.37. The Hall–Kier alpha value is -2.83. The molecule has 0 spiro atoms. The first-order valence-electron chi connectivity index (χ1n) is 9.48. The van der Waals surface area contributed by atoms with E-state index in [0.29, 0.717) is 17.7 Å². The standard InChI is InChI=1S/C22H23F3N2O2/c1-3-26(2)21(29)19-14-27(20(28)15-8-5-4-6-9-15)13-18(19)16-10-7-11-17(12-16)22(23,24)25/h4-12,18-19H,3,13-14H2,1-2H3/t18-,19-/m1/s1. The van der Waals surface area contributed by atoms with Crippen molar-refractivity contribution < 1.29 is 22.8 Å². The maximum Gasteiger partial charge on any atom is 0.416 e. The van der Waals surface area contributed by atoms with Crippen molar-refractivity contribution in [3.63, 3.8) is 0 Å². The van der Waals surface area contributed by atoms with Gasteiger partial charge < -0.3 is 9.80 Å². The predicted octanol–water partition coefficient (Wildman–Crippen LogP) is 4.04. The van der Waals surface area contributed by atoms with Gasteiger partial charge in [-0.1, -0.05) is 36.4 Å². The fraction of sp³-hybridized carbons (Fsp3) is 0.364. The van der Waals surface area contributed by atoms with Gasteiger partial charge in [0.25, 0.3) is 5.91 Å². The number of carbonyl (C=O) groups excluding carboxylic acids is 2. The van der Waals surface area contributed by atoms with E-state index < -0.39 is 23.6 Å². The number of alkyl halides is 3. The van der Waals surface area contributed by atoms with Gasteiger partial charge in [-0.2, -0.15) is 13.2 Å². The van der Waals surface area contributed by atoms with Crippen LogP contribution in [0.1, 0.15) is 34.3 Å². The molecule has 1 aliphatic rings. The minimum Gasteiger partial charge on any atom is -0.346 e. The molecule has 0 aromatic heterocycles. The number of hydrogen-bond acceptors (Lipinski definition) is 2. The number of carbonyl (C=O) groups is 2. The van der Waals surface area contributed by atoms with Crippen LogP contribution in [-0.2, 0) is 11.0 Å². The molecule has 154 valence electrons. The van der Waals surface area contributed by atoms with Gasteiger partial charge in [0.05, 0.1) is 11.5 Å². The van der Waals surface area contributed by atoms with Crippen LogP contribution in [0, 0.1) is 5.92 Å². The molecule has 0 N–H and O–H groups in total. The molecule has 2 aromatic carbocycles. The van der Waals surface area contributed by atoms with Gasteiger partial charge in [0.15, 0.2) is 0 Å². The first-order valence-corrected chi connectivity index (χ1v) is 9.48. The number of nitrogens with zero attached hydrogens (tertiary/aromatic N) is 2. The molecule has 1 saturated heterocycles. The van der Waals surface area contributed by atoms with Crippen LogP contribution in [0.5, 0.6) is 0 Å². The molecule has 2 atom stereocenters. The van der Waals surface area contributed by atoms with Gasteiger partial charge in [0.1, 0.15) is 0 Å². The monoisotopic (exact) mass is 404 g/mol. The van der Waals surface area contributed by atoms with Gasteiger partial charge in [-0.3, -0.25) is 9.59 Å². The maximum absolute atomic E-state index is 13.2. The number of rotatable bonds is 4. The van der Waals surface area contributed by atoms with Crippen LogP contribution in [0.3, 0.4) is 0 Å². The summed E-state index contributed by atoms with van der Waals surface area (Å²) in [6.45, 7) is 2.69. The molecule has 1 aliphatic heterocycles. The summed E-state index contributed by atoms with van der Waals surface area (Å²) in [5, 5.41) is 0. The highest BCUT2D eigenvalue weighted by molar-refractivity contribution is 5.95. The Morgan fingerprint density at radius 2 is 1.76 bits per heavy atom. The van der Waals surface area contributed by atoms with Crippen LogP contribution >= 0.6 is 0 Å². The Balaban J connectivity index is 1.94. The molecule has 0 bridgehead atoms. The molecule has 3 rings (SSSR count). The predicted molar refractivity (Wildman–Crippen MR) is 103 cm³/mol. The highest BCUT2D eigenvalue weighted by atomic mass is 19.4. The maximum atomic E-state index is 13.2. The quantitative estimate of drug-likeness (QED) is 0.772. The van der Waals surface area contributed by atoms with Crippen LogP contribution in [0.2, 0.25) is 0 Å². The molecule has 2 aromatic rings. The van der Waals surface area contributed by atoms with Gasteiger partial charge >= 0.3 is 6.18 Å². The first-order chi connectivity index (χ1) is 13.7. The van der Waals surface area contributed by atoms with Crippen molar-refractivity contribution in [1.82, 2.24) is 9.80 Å². The molecule has 1 fully saturated rings. The molecule has 4 nitrogen and oxygen atoms in total. The lowest BCUT2D eigenvalue weighted by Gasteiger charge is -2.23. The Bertz CT molecular complexity index is 883. The number of likely N-dealkylation sites (tertiary alicyclic amines) is 1. The van der Waals surface area contributed by atoms with E-state index in [-0.39, 0.29) is 24.9 Å². The average Bonchev–Trinajstić information content (AvgIpc) is 3.17. The van der Waals surface area contributed by atoms with E-state index >= 15 is 0 Å². The number of hydrogen-bond donors (Lipinski definition) is 0. The van der Waals surface area contributed by atoms with Crippen molar-refractivity contribution >= 4 is 11.8 Å². The van der Waals surface area contributed by atoms with E-state index in [1.807, 2.05) is 6.92 Å². The highest BCUT2D eigenvalue weighted by Gasteiger charge is 2.42. The van der Waals surface area contributed by atoms with E-state index in [1.165, 1.54) is 6.07 Å². The van der Waals surface area contributed by atoms with E-state index in [1.54, 1.807) is 53.2 Å². The normalized spacial score (nSPS) is 19.3. The molecule has 2 amide bonds. The van der Waals surface area contributed by atoms with Gasteiger partial charge in [-0.25, -0.2) is 0 Å². The molecule has 29 heavy (non-hydrogen) atoms. The zero-order valence-corrected chi connectivity index (χ0v) is 16.3. The molecule has 0 saturated carbocycles. The van der Waals surface area contributed by atoms with Crippen LogP contribution in [0.4, 0.5) is 13.2 Å². The second-order valence-corrected chi connectivity index (χ2v) is 7.26. The molecular weight excluding hydrogens is 381 g/mol. The topological polar surface area (TPSA) is 40.6 Å². The second kappa shape index (κ2) is 8.27. The largest absolute Gasteiger partial charge is 0.416 e. The fourth-order valence-corrected chi connectivity index (χ4v) is 3.71. The average molecular weight is 404 g/mol. The van der Waals surface area contributed by atoms with E-state index in [9.17, 15) is 22.8 Å². The van der Waals surface area contributed by atoms with Gasteiger partial charge in [0.2, 0.25) is 5.91 Å². The summed E-state index contributed by atoms with van der Waals surface area (Å²) in [4.78, 5) is 28.9. The SMILES string of the molecule is CCN(C)C(=O)[C@@H]1CN(C(=O)c2ccccc2)C[C@@H]1c1cccc(C(F)(F)F)c1. The van der Waals surface area contributed by atoms with Crippen molar-refractivity contribution in [3.05, 3.63) is 71.3 Å². The lowest BCUT2D eigenvalue weighted by molar-refractivity contribution is -0.137. The lowest BCUT2D eigenvalue weighted by atomic mass is 9.87. The Morgan fingerprint density at radius 1 is 1.07 bits per heavy atom. The third-order valence-electron chi connectivity index (χ3n) is 5.44. The van der Waals surface area contributed by atoms with Gasteiger partial charge in [-0.15, -0.1) is 0 Å². The molecule has 0 aliphatic carbocycles. The lowest BCUT2D eigenvalue weighted by Crippen LogP contribution is -2.36.